The molecule has 0 atom stereocenters. The molecule has 0 aliphatic carbocycles. The number of esters is 1. The lowest BCUT2D eigenvalue weighted by molar-refractivity contribution is -0.119. The summed E-state index contributed by atoms with van der Waals surface area (Å²) < 4.78 is 4.93. The molecule has 0 aliphatic rings. The Morgan fingerprint density at radius 2 is 1.69 bits per heavy atom. The maximum Gasteiger partial charge on any atom is 0.342 e. The van der Waals surface area contributed by atoms with E-state index < -0.39 is 24.2 Å². The van der Waals surface area contributed by atoms with Crippen molar-refractivity contribution in [1.29, 1.82) is 0 Å². The van der Waals surface area contributed by atoms with Gasteiger partial charge in [-0.25, -0.2) is 4.79 Å². The molecule has 0 spiro atoms. The second kappa shape index (κ2) is 7.14. The van der Waals surface area contributed by atoms with Crippen molar-refractivity contribution in [2.75, 3.05) is 11.9 Å². The number of rotatable bonds is 4. The van der Waals surface area contributed by atoms with Gasteiger partial charge in [0, 0.05) is 11.1 Å². The number of benzene rings is 3. The lowest BCUT2D eigenvalue weighted by atomic mass is 10.1. The number of phenols is 2. The number of hydrogen-bond acceptors (Lipinski definition) is 5. The highest BCUT2D eigenvalue weighted by Gasteiger charge is 2.18. The van der Waals surface area contributed by atoms with E-state index in [1.54, 1.807) is 13.0 Å². The number of fused-ring (bicyclic) bond motifs is 1. The van der Waals surface area contributed by atoms with Gasteiger partial charge in [0.15, 0.2) is 18.1 Å². The molecule has 0 aromatic heterocycles. The SMILES string of the molecule is Cc1ccc(C(=O)OCC(=O)Nc2cccc3ccccc23)c(O)c1O. The van der Waals surface area contributed by atoms with Crippen molar-refractivity contribution in [3.63, 3.8) is 0 Å². The number of hydrogen-bond donors (Lipinski definition) is 3. The van der Waals surface area contributed by atoms with Gasteiger partial charge in [0.05, 0.1) is 0 Å². The van der Waals surface area contributed by atoms with Gasteiger partial charge in [-0.05, 0) is 30.0 Å². The molecule has 3 aromatic rings. The van der Waals surface area contributed by atoms with Gasteiger partial charge < -0.3 is 20.3 Å². The van der Waals surface area contributed by atoms with Crippen molar-refractivity contribution in [2.45, 2.75) is 6.92 Å². The van der Waals surface area contributed by atoms with Crippen LogP contribution in [0.2, 0.25) is 0 Å². The summed E-state index contributed by atoms with van der Waals surface area (Å²) in [5.41, 5.74) is 0.832. The third kappa shape index (κ3) is 3.44. The van der Waals surface area contributed by atoms with Crippen LogP contribution in [0.3, 0.4) is 0 Å². The van der Waals surface area contributed by atoms with Gasteiger partial charge in [-0.2, -0.15) is 0 Å². The fourth-order valence-corrected chi connectivity index (χ4v) is 2.57. The van der Waals surface area contributed by atoms with Gasteiger partial charge in [-0.1, -0.05) is 42.5 Å². The number of phenolic OH excluding ortho intramolecular Hbond substituents is 2. The first-order valence-electron chi connectivity index (χ1n) is 7.93. The van der Waals surface area contributed by atoms with Crippen LogP contribution in [0.15, 0.2) is 54.6 Å². The van der Waals surface area contributed by atoms with Crippen LogP contribution >= 0.6 is 0 Å². The summed E-state index contributed by atoms with van der Waals surface area (Å²) in [6.07, 6.45) is 0. The van der Waals surface area contributed by atoms with Gasteiger partial charge in [0.25, 0.3) is 5.91 Å². The lowest BCUT2D eigenvalue weighted by Gasteiger charge is -2.10. The van der Waals surface area contributed by atoms with Gasteiger partial charge in [0.1, 0.15) is 5.56 Å². The Bertz CT molecular complexity index is 991. The molecular weight excluding hydrogens is 334 g/mol. The number of nitrogens with one attached hydrogen (secondary N) is 1. The number of anilines is 1. The molecule has 3 N–H and O–H groups in total. The average molecular weight is 351 g/mol. The topological polar surface area (TPSA) is 95.9 Å². The van der Waals surface area contributed by atoms with Crippen LogP contribution in [0, 0.1) is 6.92 Å². The molecule has 3 aromatic carbocycles. The largest absolute Gasteiger partial charge is 0.504 e. The standard InChI is InChI=1S/C20H17NO5/c1-12-9-10-15(19(24)18(12)23)20(25)26-11-17(22)21-16-8-4-6-13-5-2-3-7-14(13)16/h2-10,23-24H,11H2,1H3,(H,21,22). The summed E-state index contributed by atoms with van der Waals surface area (Å²) in [6.45, 7) is 1.07. The quantitative estimate of drug-likeness (QED) is 0.495. The van der Waals surface area contributed by atoms with Gasteiger partial charge in [-0.15, -0.1) is 0 Å². The van der Waals surface area contributed by atoms with Crippen molar-refractivity contribution >= 4 is 28.3 Å². The minimum atomic E-state index is -0.897. The first-order chi connectivity index (χ1) is 12.5. The molecule has 26 heavy (non-hydrogen) atoms. The molecule has 3 rings (SSSR count). The van der Waals surface area contributed by atoms with E-state index in [9.17, 15) is 19.8 Å². The van der Waals surface area contributed by atoms with E-state index in [0.717, 1.165) is 10.8 Å². The van der Waals surface area contributed by atoms with E-state index in [1.807, 2.05) is 36.4 Å². The fourth-order valence-electron chi connectivity index (χ4n) is 2.57. The van der Waals surface area contributed by atoms with Gasteiger partial charge in [0.2, 0.25) is 0 Å². The Kier molecular flexibility index (Phi) is 4.75. The number of carbonyl (C=O) groups excluding carboxylic acids is 2. The minimum absolute atomic E-state index is 0.203. The zero-order valence-electron chi connectivity index (χ0n) is 14.0. The number of aryl methyl sites for hydroxylation is 1. The van der Waals surface area contributed by atoms with E-state index in [1.165, 1.54) is 12.1 Å². The molecule has 0 saturated heterocycles. The molecule has 0 bridgehead atoms. The fraction of sp³-hybridized carbons (Fsp3) is 0.100. The van der Waals surface area contributed by atoms with Crippen molar-refractivity contribution in [3.8, 4) is 11.5 Å². The summed E-state index contributed by atoms with van der Waals surface area (Å²) in [7, 11) is 0. The van der Waals surface area contributed by atoms with Gasteiger partial charge in [-0.3, -0.25) is 4.79 Å². The normalized spacial score (nSPS) is 10.5. The Hall–Kier alpha value is -3.54. The van der Waals surface area contributed by atoms with Crippen LogP contribution in [0.25, 0.3) is 10.8 Å². The molecule has 0 saturated carbocycles. The Balaban J connectivity index is 1.67. The van der Waals surface area contributed by atoms with Crippen LogP contribution in [0.1, 0.15) is 15.9 Å². The van der Waals surface area contributed by atoms with Crippen LogP contribution in [0.4, 0.5) is 5.69 Å². The Morgan fingerprint density at radius 3 is 2.50 bits per heavy atom. The highest BCUT2D eigenvalue weighted by molar-refractivity contribution is 6.03. The van der Waals surface area contributed by atoms with Crippen LogP contribution in [0.5, 0.6) is 11.5 Å². The monoisotopic (exact) mass is 351 g/mol. The van der Waals surface area contributed by atoms with E-state index in [4.69, 9.17) is 4.74 Å². The van der Waals surface area contributed by atoms with Crippen LogP contribution in [-0.2, 0) is 9.53 Å². The first kappa shape index (κ1) is 17.3. The first-order valence-corrected chi connectivity index (χ1v) is 7.93. The van der Waals surface area contributed by atoms with E-state index >= 15 is 0 Å². The molecule has 0 heterocycles. The molecule has 132 valence electrons. The summed E-state index contributed by atoms with van der Waals surface area (Å²) in [6, 6.07) is 15.9. The van der Waals surface area contributed by atoms with Crippen molar-refractivity contribution < 1.29 is 24.5 Å². The molecular formula is C20H17NO5. The Labute approximate surface area is 149 Å². The third-order valence-corrected chi connectivity index (χ3v) is 3.97. The minimum Gasteiger partial charge on any atom is -0.504 e. The molecule has 0 aliphatic heterocycles. The number of aromatic hydroxyl groups is 2. The lowest BCUT2D eigenvalue weighted by Crippen LogP contribution is -2.21. The summed E-state index contributed by atoms with van der Waals surface area (Å²) in [5.74, 6) is -2.36. The maximum atomic E-state index is 12.1. The smallest absolute Gasteiger partial charge is 0.342 e. The highest BCUT2D eigenvalue weighted by atomic mass is 16.5. The third-order valence-electron chi connectivity index (χ3n) is 3.97. The summed E-state index contributed by atoms with van der Waals surface area (Å²) in [5, 5.41) is 24.0. The van der Waals surface area contributed by atoms with E-state index in [0.29, 0.717) is 11.3 Å². The zero-order valence-corrected chi connectivity index (χ0v) is 14.0. The van der Waals surface area contributed by atoms with E-state index in [2.05, 4.69) is 5.32 Å². The van der Waals surface area contributed by atoms with Crippen molar-refractivity contribution in [2.24, 2.45) is 0 Å². The van der Waals surface area contributed by atoms with Gasteiger partial charge >= 0.3 is 5.97 Å². The molecule has 6 heteroatoms. The average Bonchev–Trinajstić information content (AvgIpc) is 2.65. The number of ether oxygens (including phenoxy) is 1. The molecule has 0 unspecified atom stereocenters. The predicted molar refractivity (Wildman–Crippen MR) is 97.4 cm³/mol. The van der Waals surface area contributed by atoms with Crippen LogP contribution < -0.4 is 5.32 Å². The van der Waals surface area contributed by atoms with Crippen molar-refractivity contribution in [1.82, 2.24) is 0 Å². The molecule has 0 fully saturated rings. The summed E-state index contributed by atoms with van der Waals surface area (Å²) >= 11 is 0. The van der Waals surface area contributed by atoms with Crippen LogP contribution in [-0.4, -0.2) is 28.7 Å². The van der Waals surface area contributed by atoms with Crippen molar-refractivity contribution in [3.05, 3.63) is 65.7 Å². The second-order valence-corrected chi connectivity index (χ2v) is 5.78. The maximum absolute atomic E-state index is 12.1. The Morgan fingerprint density at radius 1 is 0.962 bits per heavy atom. The molecule has 0 radical (unpaired) electrons. The number of carbonyl (C=O) groups is 2. The predicted octanol–water partition coefficient (Wildman–Crippen LogP) is 3.35. The second-order valence-electron chi connectivity index (χ2n) is 5.78. The molecule has 1 amide bonds. The summed E-state index contributed by atoms with van der Waals surface area (Å²) in [4.78, 5) is 24.1. The van der Waals surface area contributed by atoms with E-state index in [-0.39, 0.29) is 11.3 Å². The molecule has 6 nitrogen and oxygen atoms in total. The highest BCUT2D eigenvalue weighted by Crippen LogP contribution is 2.32. The zero-order chi connectivity index (χ0) is 18.7. The number of amides is 1.